The molecule has 0 radical (unpaired) electrons. The van der Waals surface area contributed by atoms with Crippen molar-refractivity contribution in [3.05, 3.63) is 53.2 Å². The highest BCUT2D eigenvalue weighted by Crippen LogP contribution is 2.30. The van der Waals surface area contributed by atoms with Crippen molar-refractivity contribution < 1.29 is 0 Å². The molecule has 0 spiro atoms. The number of aryl methyl sites for hydroxylation is 1. The van der Waals surface area contributed by atoms with Crippen molar-refractivity contribution in [3.8, 4) is 0 Å². The van der Waals surface area contributed by atoms with Crippen LogP contribution in [0.2, 0.25) is 0 Å². The van der Waals surface area contributed by atoms with E-state index < -0.39 is 0 Å². The second-order valence-corrected chi connectivity index (χ2v) is 10.8. The van der Waals surface area contributed by atoms with Gasteiger partial charge < -0.3 is 5.32 Å². The van der Waals surface area contributed by atoms with Crippen LogP contribution >= 0.6 is 0 Å². The molecule has 34 heavy (non-hydrogen) atoms. The molecule has 1 nitrogen and oxygen atoms in total. The fourth-order valence-electron chi connectivity index (χ4n) is 5.27. The van der Waals surface area contributed by atoms with Gasteiger partial charge in [0.05, 0.1) is 0 Å². The van der Waals surface area contributed by atoms with E-state index in [9.17, 15) is 0 Å². The molecule has 1 aliphatic rings. The SMILES string of the molecule is C=C(CCCCCCCCCCCCCCCCCCC)NCCC1=CCc2ccc(C)cc21. The number of hydrogen-bond donors (Lipinski definition) is 1. The Labute approximate surface area is 212 Å². The molecule has 0 bridgehead atoms. The fraction of sp³-hybridized carbons (Fsp3) is 0.697. The van der Waals surface area contributed by atoms with E-state index in [1.165, 1.54) is 137 Å². The molecule has 1 aromatic carbocycles. The summed E-state index contributed by atoms with van der Waals surface area (Å²) in [5, 5.41) is 3.57. The number of nitrogens with one attached hydrogen (secondary N) is 1. The smallest absolute Gasteiger partial charge is 0.0184 e. The van der Waals surface area contributed by atoms with Gasteiger partial charge in [-0.25, -0.2) is 0 Å². The van der Waals surface area contributed by atoms with Crippen molar-refractivity contribution in [2.45, 2.75) is 142 Å². The van der Waals surface area contributed by atoms with Crippen molar-refractivity contribution in [2.75, 3.05) is 6.54 Å². The predicted octanol–water partition coefficient (Wildman–Crippen LogP) is 10.5. The monoisotopic (exact) mass is 465 g/mol. The molecule has 0 saturated carbocycles. The first-order valence-electron chi connectivity index (χ1n) is 14.9. The van der Waals surface area contributed by atoms with Crippen molar-refractivity contribution in [2.24, 2.45) is 0 Å². The Morgan fingerprint density at radius 2 is 1.29 bits per heavy atom. The van der Waals surface area contributed by atoms with E-state index in [2.05, 4.69) is 50.0 Å². The van der Waals surface area contributed by atoms with Gasteiger partial charge in [-0.1, -0.05) is 146 Å². The summed E-state index contributed by atoms with van der Waals surface area (Å²) in [6.07, 6.45) is 30.1. The number of unbranched alkanes of at least 4 members (excludes halogenated alkanes) is 16. The average Bonchev–Trinajstić information content (AvgIpc) is 3.23. The molecule has 0 atom stereocenters. The Balaban J connectivity index is 1.32. The minimum atomic E-state index is 1.01. The zero-order valence-electron chi connectivity index (χ0n) is 22.9. The van der Waals surface area contributed by atoms with Crippen LogP contribution in [0.5, 0.6) is 0 Å². The number of fused-ring (bicyclic) bond motifs is 1. The molecule has 1 N–H and O–H groups in total. The normalized spacial score (nSPS) is 12.6. The van der Waals surface area contributed by atoms with E-state index in [0.29, 0.717) is 0 Å². The molecule has 0 aromatic heterocycles. The van der Waals surface area contributed by atoms with E-state index in [1.807, 2.05) is 0 Å². The zero-order chi connectivity index (χ0) is 24.3. The quantitative estimate of drug-likeness (QED) is 0.168. The maximum Gasteiger partial charge on any atom is 0.0184 e. The van der Waals surface area contributed by atoms with E-state index in [-0.39, 0.29) is 0 Å². The summed E-state index contributed by atoms with van der Waals surface area (Å²) < 4.78 is 0. The number of benzene rings is 1. The largest absolute Gasteiger partial charge is 0.388 e. The molecular weight excluding hydrogens is 410 g/mol. The summed E-state index contributed by atoms with van der Waals surface area (Å²) in [6, 6.07) is 6.87. The average molecular weight is 466 g/mol. The first-order chi connectivity index (χ1) is 16.7. The summed E-state index contributed by atoms with van der Waals surface area (Å²) in [5.74, 6) is 0. The van der Waals surface area contributed by atoms with Crippen LogP contribution in [0.15, 0.2) is 36.6 Å². The number of rotatable bonds is 22. The van der Waals surface area contributed by atoms with Gasteiger partial charge in [0.2, 0.25) is 0 Å². The molecule has 0 saturated heterocycles. The van der Waals surface area contributed by atoms with Crippen molar-refractivity contribution in [1.82, 2.24) is 5.32 Å². The first kappa shape index (κ1) is 28.7. The summed E-state index contributed by atoms with van der Waals surface area (Å²) in [5.41, 5.74) is 7.06. The van der Waals surface area contributed by atoms with Crippen LogP contribution in [0.4, 0.5) is 0 Å². The molecule has 192 valence electrons. The zero-order valence-corrected chi connectivity index (χ0v) is 22.9. The topological polar surface area (TPSA) is 12.0 Å². The molecule has 1 heteroatoms. The summed E-state index contributed by atoms with van der Waals surface area (Å²) >= 11 is 0. The second-order valence-electron chi connectivity index (χ2n) is 10.8. The summed E-state index contributed by atoms with van der Waals surface area (Å²) in [6.45, 7) is 9.76. The minimum Gasteiger partial charge on any atom is -0.388 e. The van der Waals surface area contributed by atoms with Crippen LogP contribution in [0.3, 0.4) is 0 Å². The van der Waals surface area contributed by atoms with Crippen molar-refractivity contribution in [3.63, 3.8) is 0 Å². The highest BCUT2D eigenvalue weighted by molar-refractivity contribution is 5.73. The van der Waals surface area contributed by atoms with E-state index >= 15 is 0 Å². The van der Waals surface area contributed by atoms with Crippen LogP contribution in [0.1, 0.15) is 146 Å². The molecule has 1 aromatic rings. The third-order valence-corrected chi connectivity index (χ3v) is 7.53. The maximum absolute atomic E-state index is 4.26. The lowest BCUT2D eigenvalue weighted by Gasteiger charge is -2.11. The fourth-order valence-corrected chi connectivity index (χ4v) is 5.27. The van der Waals surface area contributed by atoms with E-state index in [1.54, 1.807) is 0 Å². The second kappa shape index (κ2) is 18.8. The van der Waals surface area contributed by atoms with E-state index in [4.69, 9.17) is 0 Å². The summed E-state index contributed by atoms with van der Waals surface area (Å²) in [4.78, 5) is 0. The Morgan fingerprint density at radius 1 is 0.765 bits per heavy atom. The Kier molecular flexibility index (Phi) is 15.9. The first-order valence-corrected chi connectivity index (χ1v) is 14.9. The van der Waals surface area contributed by atoms with Crippen molar-refractivity contribution >= 4 is 5.57 Å². The third-order valence-electron chi connectivity index (χ3n) is 7.53. The standard InChI is InChI=1S/C33H55N/c1-4-5-6-7-8-9-10-11-12-13-14-15-16-17-18-19-20-21-30(3)34-27-26-32-25-24-31-23-22-29(2)28-33(31)32/h22-23,25,28,34H,3-21,24,26-27H2,1-2H3. The molecule has 2 rings (SSSR count). The molecule has 0 fully saturated rings. The van der Waals surface area contributed by atoms with Gasteiger partial charge in [-0.3, -0.25) is 0 Å². The number of hydrogen-bond acceptors (Lipinski definition) is 1. The lowest BCUT2D eigenvalue weighted by molar-refractivity contribution is 0.526. The molecule has 0 aliphatic heterocycles. The number of allylic oxidation sites excluding steroid dienone is 2. The van der Waals surface area contributed by atoms with Gasteiger partial charge in [0.25, 0.3) is 0 Å². The third kappa shape index (κ3) is 12.8. The van der Waals surface area contributed by atoms with Gasteiger partial charge in [-0.05, 0) is 49.3 Å². The summed E-state index contributed by atoms with van der Waals surface area (Å²) in [7, 11) is 0. The van der Waals surface area contributed by atoms with Gasteiger partial charge in [0, 0.05) is 12.2 Å². The molecular formula is C33H55N. The Hall–Kier alpha value is -1.50. The Bertz CT molecular complexity index is 698. The van der Waals surface area contributed by atoms with Gasteiger partial charge in [-0.2, -0.15) is 0 Å². The Morgan fingerprint density at radius 3 is 1.85 bits per heavy atom. The molecule has 1 aliphatic carbocycles. The highest BCUT2D eigenvalue weighted by atomic mass is 14.9. The minimum absolute atomic E-state index is 1.01. The lowest BCUT2D eigenvalue weighted by Crippen LogP contribution is -2.14. The van der Waals surface area contributed by atoms with Gasteiger partial charge in [-0.15, -0.1) is 0 Å². The van der Waals surface area contributed by atoms with Crippen LogP contribution < -0.4 is 5.32 Å². The van der Waals surface area contributed by atoms with Crippen LogP contribution in [0, 0.1) is 6.92 Å². The highest BCUT2D eigenvalue weighted by Gasteiger charge is 2.13. The lowest BCUT2D eigenvalue weighted by atomic mass is 10.0. The van der Waals surface area contributed by atoms with Gasteiger partial charge in [0.15, 0.2) is 0 Å². The van der Waals surface area contributed by atoms with Crippen LogP contribution in [0.25, 0.3) is 5.57 Å². The predicted molar refractivity (Wildman–Crippen MR) is 153 cm³/mol. The molecule has 0 amide bonds. The van der Waals surface area contributed by atoms with E-state index in [0.717, 1.165) is 25.8 Å². The molecule has 0 heterocycles. The maximum atomic E-state index is 4.26. The van der Waals surface area contributed by atoms with Gasteiger partial charge >= 0.3 is 0 Å². The molecule has 0 unspecified atom stereocenters. The van der Waals surface area contributed by atoms with Crippen molar-refractivity contribution in [1.29, 1.82) is 0 Å². The van der Waals surface area contributed by atoms with Crippen LogP contribution in [-0.4, -0.2) is 6.54 Å². The van der Waals surface area contributed by atoms with Crippen LogP contribution in [-0.2, 0) is 6.42 Å². The van der Waals surface area contributed by atoms with Gasteiger partial charge in [0.1, 0.15) is 0 Å².